The minimum atomic E-state index is -0.682. The second-order valence-electron chi connectivity index (χ2n) is 5.37. The maximum atomic E-state index is 13.4. The number of para-hydroxylation sites is 2. The Kier molecular flexibility index (Phi) is 5.09. The number of hydrogen-bond acceptors (Lipinski definition) is 4. The van der Waals surface area contributed by atoms with Gasteiger partial charge in [-0.1, -0.05) is 30.3 Å². The van der Waals surface area contributed by atoms with Crippen molar-refractivity contribution < 1.29 is 18.3 Å². The first-order valence-corrected chi connectivity index (χ1v) is 7.83. The highest BCUT2D eigenvalue weighted by Gasteiger charge is 2.13. The summed E-state index contributed by atoms with van der Waals surface area (Å²) in [6.45, 7) is 0.535. The maximum absolute atomic E-state index is 13.4. The first-order chi connectivity index (χ1) is 12.1. The van der Waals surface area contributed by atoms with Gasteiger partial charge >= 0.3 is 5.63 Å². The van der Waals surface area contributed by atoms with Gasteiger partial charge in [-0.2, -0.15) is 0 Å². The average Bonchev–Trinajstić information content (AvgIpc) is 2.62. The summed E-state index contributed by atoms with van der Waals surface area (Å²) in [7, 11) is 0. The zero-order valence-electron chi connectivity index (χ0n) is 13.3. The van der Waals surface area contributed by atoms with Gasteiger partial charge in [0.2, 0.25) is 0 Å². The molecule has 6 heteroatoms. The van der Waals surface area contributed by atoms with Crippen molar-refractivity contribution >= 4 is 16.9 Å². The molecule has 0 saturated carbocycles. The van der Waals surface area contributed by atoms with Crippen LogP contribution in [0.1, 0.15) is 16.8 Å². The predicted octanol–water partition coefficient (Wildman–Crippen LogP) is 3.13. The van der Waals surface area contributed by atoms with E-state index < -0.39 is 17.3 Å². The van der Waals surface area contributed by atoms with Crippen molar-refractivity contribution in [3.8, 4) is 5.75 Å². The Bertz CT molecular complexity index is 951. The summed E-state index contributed by atoms with van der Waals surface area (Å²) in [6.07, 6.45) is 0.471. The van der Waals surface area contributed by atoms with Gasteiger partial charge < -0.3 is 14.5 Å². The van der Waals surface area contributed by atoms with Crippen molar-refractivity contribution in [2.24, 2.45) is 0 Å². The molecule has 25 heavy (non-hydrogen) atoms. The van der Waals surface area contributed by atoms with Crippen LogP contribution in [0.2, 0.25) is 0 Å². The quantitative estimate of drug-likeness (QED) is 0.552. The summed E-state index contributed by atoms with van der Waals surface area (Å²) in [4.78, 5) is 24.0. The highest BCUT2D eigenvalue weighted by Crippen LogP contribution is 2.15. The van der Waals surface area contributed by atoms with Gasteiger partial charge in [-0.3, -0.25) is 4.79 Å². The minimum absolute atomic E-state index is 0.0475. The molecule has 0 saturated heterocycles. The van der Waals surface area contributed by atoms with E-state index in [1.165, 1.54) is 18.2 Å². The number of carbonyl (C=O) groups is 1. The van der Waals surface area contributed by atoms with Crippen molar-refractivity contribution in [3.63, 3.8) is 0 Å². The monoisotopic (exact) mass is 341 g/mol. The van der Waals surface area contributed by atoms with Gasteiger partial charge in [-0.05, 0) is 30.7 Å². The third kappa shape index (κ3) is 4.03. The fraction of sp³-hybridized carbons (Fsp3) is 0.158. The smallest absolute Gasteiger partial charge is 0.349 e. The average molecular weight is 341 g/mol. The summed E-state index contributed by atoms with van der Waals surface area (Å²) >= 11 is 0. The van der Waals surface area contributed by atoms with Crippen molar-refractivity contribution in [1.82, 2.24) is 5.32 Å². The topological polar surface area (TPSA) is 68.5 Å². The zero-order chi connectivity index (χ0) is 17.6. The van der Waals surface area contributed by atoms with Gasteiger partial charge in [0.1, 0.15) is 11.1 Å². The Hall–Kier alpha value is -3.15. The third-order valence-electron chi connectivity index (χ3n) is 3.59. The molecule has 5 nitrogen and oxygen atoms in total. The molecule has 0 fully saturated rings. The highest BCUT2D eigenvalue weighted by molar-refractivity contribution is 5.96. The normalized spacial score (nSPS) is 10.6. The van der Waals surface area contributed by atoms with E-state index in [1.54, 1.807) is 36.4 Å². The second-order valence-corrected chi connectivity index (χ2v) is 5.37. The molecular formula is C19H16FNO4. The van der Waals surface area contributed by atoms with Gasteiger partial charge in [-0.25, -0.2) is 9.18 Å². The van der Waals surface area contributed by atoms with Crippen molar-refractivity contribution in [3.05, 3.63) is 76.4 Å². The SMILES string of the molecule is O=C(NCCCOc1ccccc1F)c1cc2ccccc2oc1=O. The summed E-state index contributed by atoms with van der Waals surface area (Å²) < 4.78 is 23.8. The molecule has 3 rings (SSSR count). The molecule has 0 aliphatic carbocycles. The van der Waals surface area contributed by atoms with E-state index in [9.17, 15) is 14.0 Å². The summed E-state index contributed by atoms with van der Waals surface area (Å²) in [6, 6.07) is 14.6. The van der Waals surface area contributed by atoms with Crippen molar-refractivity contribution in [1.29, 1.82) is 0 Å². The van der Waals surface area contributed by atoms with Crippen LogP contribution in [0.15, 0.2) is 63.8 Å². The van der Waals surface area contributed by atoms with E-state index in [4.69, 9.17) is 9.15 Å². The molecule has 1 aromatic heterocycles. The molecule has 0 aliphatic rings. The number of carbonyl (C=O) groups excluding carboxylic acids is 1. The standard InChI is InChI=1S/C19H16FNO4/c20-15-7-2-4-9-17(15)24-11-5-10-21-18(22)14-12-13-6-1-3-8-16(13)25-19(14)23/h1-4,6-9,12H,5,10-11H2,(H,21,22). The number of benzene rings is 2. The molecule has 1 amide bonds. The van der Waals surface area contributed by atoms with Gasteiger partial charge in [0.05, 0.1) is 6.61 Å². The van der Waals surface area contributed by atoms with Crippen LogP contribution >= 0.6 is 0 Å². The Morgan fingerprint density at radius 2 is 1.88 bits per heavy atom. The Balaban J connectivity index is 1.54. The third-order valence-corrected chi connectivity index (χ3v) is 3.59. The van der Waals surface area contributed by atoms with Crippen LogP contribution < -0.4 is 15.7 Å². The van der Waals surface area contributed by atoms with Gasteiger partial charge in [-0.15, -0.1) is 0 Å². The zero-order valence-corrected chi connectivity index (χ0v) is 13.3. The van der Waals surface area contributed by atoms with Crippen molar-refractivity contribution in [2.75, 3.05) is 13.2 Å². The second kappa shape index (κ2) is 7.61. The number of fused-ring (bicyclic) bond motifs is 1. The summed E-state index contributed by atoms with van der Waals surface area (Å²) in [5, 5.41) is 3.31. The minimum Gasteiger partial charge on any atom is -0.490 e. The lowest BCUT2D eigenvalue weighted by atomic mass is 10.2. The summed E-state index contributed by atoms with van der Waals surface area (Å²) in [5.74, 6) is -0.769. The van der Waals surface area contributed by atoms with E-state index in [0.717, 1.165) is 0 Å². The van der Waals surface area contributed by atoms with Crippen LogP contribution in [-0.2, 0) is 0 Å². The number of rotatable bonds is 6. The lowest BCUT2D eigenvalue weighted by Crippen LogP contribution is -2.29. The molecule has 0 atom stereocenters. The molecule has 1 N–H and O–H groups in total. The van der Waals surface area contributed by atoms with Gasteiger partial charge in [0, 0.05) is 11.9 Å². The van der Waals surface area contributed by atoms with E-state index in [0.29, 0.717) is 23.9 Å². The number of nitrogens with one attached hydrogen (secondary N) is 1. The van der Waals surface area contributed by atoms with E-state index in [-0.39, 0.29) is 17.9 Å². The number of hydrogen-bond donors (Lipinski definition) is 1. The Morgan fingerprint density at radius 3 is 2.72 bits per heavy atom. The van der Waals surface area contributed by atoms with Crippen LogP contribution in [0.5, 0.6) is 5.75 Å². The maximum Gasteiger partial charge on any atom is 0.349 e. The molecule has 0 radical (unpaired) electrons. The van der Waals surface area contributed by atoms with Crippen LogP contribution in [0.3, 0.4) is 0 Å². The Labute approximate surface area is 143 Å². The first-order valence-electron chi connectivity index (χ1n) is 7.83. The molecule has 0 spiro atoms. The van der Waals surface area contributed by atoms with E-state index in [2.05, 4.69) is 5.32 Å². The Morgan fingerprint density at radius 1 is 1.12 bits per heavy atom. The molecule has 3 aromatic rings. The molecule has 0 aliphatic heterocycles. The fourth-order valence-corrected chi connectivity index (χ4v) is 2.33. The lowest BCUT2D eigenvalue weighted by Gasteiger charge is -2.08. The molecule has 1 heterocycles. The molecule has 128 valence electrons. The van der Waals surface area contributed by atoms with Crippen molar-refractivity contribution in [2.45, 2.75) is 6.42 Å². The van der Waals surface area contributed by atoms with E-state index in [1.807, 2.05) is 0 Å². The van der Waals surface area contributed by atoms with Crippen LogP contribution in [0.4, 0.5) is 4.39 Å². The van der Waals surface area contributed by atoms with Crippen LogP contribution in [0.25, 0.3) is 11.0 Å². The number of halogens is 1. The van der Waals surface area contributed by atoms with Gasteiger partial charge in [0.25, 0.3) is 5.91 Å². The number of amides is 1. The van der Waals surface area contributed by atoms with Crippen LogP contribution in [-0.4, -0.2) is 19.1 Å². The molecular weight excluding hydrogens is 325 g/mol. The summed E-state index contributed by atoms with van der Waals surface area (Å²) in [5.41, 5.74) is -0.296. The highest BCUT2D eigenvalue weighted by atomic mass is 19.1. The first kappa shape index (κ1) is 16.7. The van der Waals surface area contributed by atoms with E-state index >= 15 is 0 Å². The predicted molar refractivity (Wildman–Crippen MR) is 91.3 cm³/mol. The largest absolute Gasteiger partial charge is 0.490 e. The molecule has 0 bridgehead atoms. The van der Waals surface area contributed by atoms with Gasteiger partial charge in [0.15, 0.2) is 11.6 Å². The molecule has 2 aromatic carbocycles. The fourth-order valence-electron chi connectivity index (χ4n) is 2.33. The molecule has 0 unspecified atom stereocenters. The number of ether oxygens (including phenoxy) is 1. The lowest BCUT2D eigenvalue weighted by molar-refractivity contribution is 0.0948. The van der Waals surface area contributed by atoms with Crippen LogP contribution in [0, 0.1) is 5.82 Å².